The number of nitrogens with one attached hydrogen (secondary N) is 1. The summed E-state index contributed by atoms with van der Waals surface area (Å²) in [6.07, 6.45) is 0.794. The van der Waals surface area contributed by atoms with Crippen molar-refractivity contribution in [2.75, 3.05) is 5.32 Å². The first-order valence-electron chi connectivity index (χ1n) is 8.26. The maximum Gasteiger partial charge on any atom is 0.246 e. The van der Waals surface area contributed by atoms with Gasteiger partial charge in [-0.15, -0.1) is 10.2 Å². The summed E-state index contributed by atoms with van der Waals surface area (Å²) < 4.78 is 15.8. The molecule has 1 aromatic carbocycles. The lowest BCUT2D eigenvalue weighted by Gasteiger charge is -2.14. The lowest BCUT2D eigenvalue weighted by molar-refractivity contribution is -0.116. The van der Waals surface area contributed by atoms with Crippen LogP contribution in [0.3, 0.4) is 0 Å². The molecule has 0 aliphatic heterocycles. The van der Waals surface area contributed by atoms with E-state index in [0.29, 0.717) is 16.7 Å². The van der Waals surface area contributed by atoms with Gasteiger partial charge < -0.3 is 4.57 Å². The quantitative estimate of drug-likeness (QED) is 0.744. The second-order valence-corrected chi connectivity index (χ2v) is 7.58. The number of aryl methyl sites for hydroxylation is 1. The fourth-order valence-electron chi connectivity index (χ4n) is 2.75. The summed E-state index contributed by atoms with van der Waals surface area (Å²) in [5.74, 6) is -0.440. The summed E-state index contributed by atoms with van der Waals surface area (Å²) in [7, 11) is 0. The molecule has 0 aliphatic carbocycles. The van der Waals surface area contributed by atoms with E-state index in [2.05, 4.69) is 29.4 Å². The highest BCUT2D eigenvalue weighted by Crippen LogP contribution is 2.20. The molecule has 136 valence electrons. The van der Waals surface area contributed by atoms with Gasteiger partial charge in [0.25, 0.3) is 0 Å². The second kappa shape index (κ2) is 7.33. The molecule has 8 heteroatoms. The molecular weight excluding hydrogens is 355 g/mol. The van der Waals surface area contributed by atoms with Crippen molar-refractivity contribution in [3.8, 4) is 0 Å². The molecule has 0 bridgehead atoms. The van der Waals surface area contributed by atoms with Gasteiger partial charge in [-0.3, -0.25) is 14.9 Å². The largest absolute Gasteiger partial charge is 0.333 e. The zero-order valence-corrected chi connectivity index (χ0v) is 15.6. The van der Waals surface area contributed by atoms with Crippen molar-refractivity contribution >= 4 is 33.3 Å². The van der Waals surface area contributed by atoms with Crippen LogP contribution in [0.15, 0.2) is 29.1 Å². The molecule has 0 saturated heterocycles. The van der Waals surface area contributed by atoms with E-state index in [1.807, 2.05) is 0 Å². The van der Waals surface area contributed by atoms with Gasteiger partial charge in [0.1, 0.15) is 17.4 Å². The van der Waals surface area contributed by atoms with E-state index in [1.165, 1.54) is 34.1 Å². The summed E-state index contributed by atoms with van der Waals surface area (Å²) in [5.41, 5.74) is 0.377. The van der Waals surface area contributed by atoms with E-state index >= 15 is 0 Å². The summed E-state index contributed by atoms with van der Waals surface area (Å²) in [6, 6.07) is 5.72. The molecule has 0 radical (unpaired) electrons. The van der Waals surface area contributed by atoms with Crippen LogP contribution in [0.5, 0.6) is 0 Å². The Balaban J connectivity index is 1.86. The van der Waals surface area contributed by atoms with Crippen LogP contribution in [0.2, 0.25) is 0 Å². The summed E-state index contributed by atoms with van der Waals surface area (Å²) >= 11 is 1.33. The van der Waals surface area contributed by atoms with Gasteiger partial charge in [0.2, 0.25) is 11.0 Å². The molecule has 0 aliphatic rings. The molecule has 2 aromatic heterocycles. The Morgan fingerprint density at radius 3 is 2.85 bits per heavy atom. The third-order valence-corrected chi connectivity index (χ3v) is 4.75. The molecule has 0 unspecified atom stereocenters. The molecule has 26 heavy (non-hydrogen) atoms. The zero-order chi connectivity index (χ0) is 18.8. The Bertz CT molecular complexity index is 1030. The Morgan fingerprint density at radius 2 is 2.12 bits per heavy atom. The lowest BCUT2D eigenvalue weighted by atomic mass is 10.1. The molecular formula is C18H19FN4O2S. The maximum atomic E-state index is 14.3. The standard InChI is InChI=1S/C18H19FN4O2S/c1-10(2)7-16-21-22-18(26-16)20-15(25)9-23-11(3)8-14(24)12-5-4-6-13(19)17(12)23/h4-6,8,10H,7,9H2,1-3H3,(H,20,22,25). The number of nitrogens with zero attached hydrogens (tertiary/aromatic N) is 3. The van der Waals surface area contributed by atoms with Crippen LogP contribution in [-0.4, -0.2) is 20.7 Å². The highest BCUT2D eigenvalue weighted by atomic mass is 32.1. The predicted molar refractivity (Wildman–Crippen MR) is 100.0 cm³/mol. The number of para-hydroxylation sites is 1. The zero-order valence-electron chi connectivity index (χ0n) is 14.7. The fraction of sp³-hybridized carbons (Fsp3) is 0.333. The number of halogens is 1. The van der Waals surface area contributed by atoms with Crippen LogP contribution in [-0.2, 0) is 17.8 Å². The number of anilines is 1. The Labute approximate surface area is 153 Å². The number of benzene rings is 1. The summed E-state index contributed by atoms with van der Waals surface area (Å²) in [5, 5.41) is 12.2. The first-order valence-corrected chi connectivity index (χ1v) is 9.07. The van der Waals surface area contributed by atoms with Crippen LogP contribution in [0.25, 0.3) is 10.9 Å². The van der Waals surface area contributed by atoms with Gasteiger partial charge in [-0.2, -0.15) is 0 Å². The van der Waals surface area contributed by atoms with Crippen molar-refractivity contribution in [2.45, 2.75) is 33.7 Å². The van der Waals surface area contributed by atoms with Crippen molar-refractivity contribution in [3.05, 3.63) is 51.0 Å². The SMILES string of the molecule is Cc1cc(=O)c2cccc(F)c2n1CC(=O)Nc1nnc(CC(C)C)s1. The third-order valence-electron chi connectivity index (χ3n) is 3.89. The fourth-order valence-corrected chi connectivity index (χ4v) is 3.72. The van der Waals surface area contributed by atoms with E-state index in [0.717, 1.165) is 11.4 Å². The highest BCUT2D eigenvalue weighted by Gasteiger charge is 2.15. The van der Waals surface area contributed by atoms with Crippen LogP contribution >= 0.6 is 11.3 Å². The van der Waals surface area contributed by atoms with E-state index in [1.54, 1.807) is 13.0 Å². The van der Waals surface area contributed by atoms with Crippen molar-refractivity contribution in [1.29, 1.82) is 0 Å². The Morgan fingerprint density at radius 1 is 1.35 bits per heavy atom. The van der Waals surface area contributed by atoms with Gasteiger partial charge >= 0.3 is 0 Å². The third kappa shape index (κ3) is 3.80. The lowest BCUT2D eigenvalue weighted by Crippen LogP contribution is -2.22. The van der Waals surface area contributed by atoms with Crippen molar-refractivity contribution in [3.63, 3.8) is 0 Å². The molecule has 0 spiro atoms. The molecule has 1 amide bonds. The number of hydrogen-bond donors (Lipinski definition) is 1. The van der Waals surface area contributed by atoms with Gasteiger partial charge in [-0.25, -0.2) is 4.39 Å². The average molecular weight is 374 g/mol. The predicted octanol–water partition coefficient (Wildman–Crippen LogP) is 3.14. The van der Waals surface area contributed by atoms with Crippen molar-refractivity contribution in [1.82, 2.24) is 14.8 Å². The molecule has 0 saturated carbocycles. The molecule has 1 N–H and O–H groups in total. The highest BCUT2D eigenvalue weighted by molar-refractivity contribution is 7.15. The van der Waals surface area contributed by atoms with Gasteiger partial charge in [0.05, 0.1) is 5.52 Å². The number of fused-ring (bicyclic) bond motifs is 1. The molecule has 3 aromatic rings. The maximum absolute atomic E-state index is 14.3. The molecule has 0 fully saturated rings. The number of hydrogen-bond acceptors (Lipinski definition) is 5. The van der Waals surface area contributed by atoms with Gasteiger partial charge in [0.15, 0.2) is 5.43 Å². The normalized spacial score (nSPS) is 11.3. The van der Waals surface area contributed by atoms with Crippen LogP contribution in [0.1, 0.15) is 24.5 Å². The summed E-state index contributed by atoms with van der Waals surface area (Å²) in [4.78, 5) is 24.5. The number of amides is 1. The van der Waals surface area contributed by atoms with Crippen LogP contribution < -0.4 is 10.7 Å². The van der Waals surface area contributed by atoms with E-state index < -0.39 is 5.82 Å². The second-order valence-electron chi connectivity index (χ2n) is 6.52. The van der Waals surface area contributed by atoms with Crippen molar-refractivity contribution in [2.24, 2.45) is 5.92 Å². The van der Waals surface area contributed by atoms with Gasteiger partial charge in [0, 0.05) is 23.6 Å². The monoisotopic (exact) mass is 374 g/mol. The number of aromatic nitrogens is 3. The van der Waals surface area contributed by atoms with Crippen LogP contribution in [0.4, 0.5) is 9.52 Å². The average Bonchev–Trinajstić information content (AvgIpc) is 2.97. The molecule has 2 heterocycles. The van der Waals surface area contributed by atoms with Gasteiger partial charge in [-0.1, -0.05) is 31.3 Å². The number of pyridine rings is 1. The topological polar surface area (TPSA) is 76.9 Å². The van der Waals surface area contributed by atoms with E-state index in [-0.39, 0.29) is 28.8 Å². The van der Waals surface area contributed by atoms with Gasteiger partial charge in [-0.05, 0) is 25.0 Å². The van der Waals surface area contributed by atoms with Crippen LogP contribution in [0, 0.1) is 18.7 Å². The minimum Gasteiger partial charge on any atom is -0.333 e. The molecule has 6 nitrogen and oxygen atoms in total. The summed E-state index contributed by atoms with van der Waals surface area (Å²) in [6.45, 7) is 5.71. The smallest absolute Gasteiger partial charge is 0.246 e. The number of carbonyl (C=O) groups excluding carboxylic acids is 1. The molecule has 0 atom stereocenters. The van der Waals surface area contributed by atoms with E-state index in [9.17, 15) is 14.0 Å². The Hall–Kier alpha value is -2.61. The van der Waals surface area contributed by atoms with Crippen molar-refractivity contribution < 1.29 is 9.18 Å². The molecule has 3 rings (SSSR count). The minimum absolute atomic E-state index is 0.122. The van der Waals surface area contributed by atoms with E-state index in [4.69, 9.17) is 0 Å². The Kier molecular flexibility index (Phi) is 5.13. The number of rotatable bonds is 5. The minimum atomic E-state index is -0.536. The number of carbonyl (C=O) groups is 1. The first kappa shape index (κ1) is 18.2. The first-order chi connectivity index (χ1) is 12.3.